The quantitative estimate of drug-likeness (QED) is 0.0681. The number of anilines is 1. The van der Waals surface area contributed by atoms with Crippen molar-refractivity contribution in [3.63, 3.8) is 0 Å². The lowest BCUT2D eigenvalue weighted by molar-refractivity contribution is 0.0937. The maximum atomic E-state index is 14.0. The van der Waals surface area contributed by atoms with Crippen molar-refractivity contribution < 1.29 is 17.9 Å². The van der Waals surface area contributed by atoms with Crippen LogP contribution in [0.25, 0.3) is 28.0 Å². The van der Waals surface area contributed by atoms with Gasteiger partial charge in [-0.05, 0) is 49.3 Å². The zero-order chi connectivity index (χ0) is 35.7. The predicted molar refractivity (Wildman–Crippen MR) is 208 cm³/mol. The Hall–Kier alpha value is -2.91. The molecule has 3 heterocycles. The summed E-state index contributed by atoms with van der Waals surface area (Å²) in [6.45, 7) is 15.6. The number of fused-ring (bicyclic) bond motifs is 3. The number of hydrogen-bond acceptors (Lipinski definition) is 8. The Morgan fingerprint density at radius 3 is 1.98 bits per heavy atom. The molecule has 4 aromatic rings. The zero-order valence-corrected chi connectivity index (χ0v) is 33.8. The van der Waals surface area contributed by atoms with E-state index < -0.39 is 26.0 Å². The molecule has 0 N–H and O–H groups in total. The van der Waals surface area contributed by atoms with Gasteiger partial charge in [-0.3, -0.25) is 4.98 Å². The van der Waals surface area contributed by atoms with Crippen LogP contribution < -0.4 is 4.90 Å². The van der Waals surface area contributed by atoms with Gasteiger partial charge in [-0.25, -0.2) is 13.4 Å². The monoisotopic (exact) mass is 733 g/mol. The van der Waals surface area contributed by atoms with Crippen molar-refractivity contribution in [1.29, 1.82) is 0 Å². The van der Waals surface area contributed by atoms with Crippen LogP contribution in [-0.4, -0.2) is 77.1 Å². The van der Waals surface area contributed by atoms with Crippen molar-refractivity contribution in [1.82, 2.24) is 19.6 Å². The minimum atomic E-state index is -3.74. The van der Waals surface area contributed by atoms with E-state index in [9.17, 15) is 8.42 Å². The Kier molecular flexibility index (Phi) is 11.0. The Morgan fingerprint density at radius 2 is 1.44 bits per heavy atom. The third-order valence-electron chi connectivity index (χ3n) is 10.2. The second-order valence-corrected chi connectivity index (χ2v) is 30.2. The van der Waals surface area contributed by atoms with E-state index >= 15 is 0 Å². The SMILES string of the molecule is C[Si](C)(C)CCOCN(COCC[Si](C)(C)C)c1c(S(C)(=O)=O)c(C2C[C@H]3CC[C@@H](C2)C3)nc2c(-c3ccc(-c4ccccc4)nc3)cnn12. The molecule has 0 aliphatic heterocycles. The molecule has 50 heavy (non-hydrogen) atoms. The summed E-state index contributed by atoms with van der Waals surface area (Å²) in [4.78, 5) is 12.3. The molecule has 0 radical (unpaired) electrons. The summed E-state index contributed by atoms with van der Waals surface area (Å²) in [6, 6.07) is 16.2. The lowest BCUT2D eigenvalue weighted by Crippen LogP contribution is -2.35. The molecule has 270 valence electrons. The number of aromatic nitrogens is 4. The number of ether oxygens (including phenoxy) is 2. The number of rotatable bonds is 15. The minimum Gasteiger partial charge on any atom is -0.361 e. The molecule has 2 aliphatic rings. The average Bonchev–Trinajstić information content (AvgIpc) is 3.64. The summed E-state index contributed by atoms with van der Waals surface area (Å²) in [5, 5.41) is 4.86. The third-order valence-corrected chi connectivity index (χ3v) is 14.7. The molecule has 0 spiro atoms. The first kappa shape index (κ1) is 36.9. The van der Waals surface area contributed by atoms with Crippen LogP contribution in [0.1, 0.15) is 43.7 Å². The first-order chi connectivity index (χ1) is 23.7. The summed E-state index contributed by atoms with van der Waals surface area (Å²) in [7, 11) is -6.43. The normalized spacial score (nSPS) is 19.7. The van der Waals surface area contributed by atoms with E-state index in [2.05, 4.69) is 45.3 Å². The van der Waals surface area contributed by atoms with E-state index in [1.165, 1.54) is 25.5 Å². The summed E-state index contributed by atoms with van der Waals surface area (Å²) in [6.07, 6.45) is 10.5. The smallest absolute Gasteiger partial charge is 0.181 e. The van der Waals surface area contributed by atoms with Crippen molar-refractivity contribution in [3.05, 3.63) is 60.6 Å². The second-order valence-electron chi connectivity index (χ2n) is 17.0. The number of benzene rings is 1. The molecule has 3 atom stereocenters. The third kappa shape index (κ3) is 8.93. The Bertz CT molecular complexity index is 1840. The molecule has 2 bridgehead atoms. The van der Waals surface area contributed by atoms with Crippen LogP contribution in [0.15, 0.2) is 59.8 Å². The maximum absolute atomic E-state index is 14.0. The van der Waals surface area contributed by atoms with Gasteiger partial charge >= 0.3 is 0 Å². The van der Waals surface area contributed by atoms with Gasteiger partial charge in [0.05, 0.1) is 17.6 Å². The number of nitrogens with zero attached hydrogens (tertiary/aromatic N) is 5. The highest BCUT2D eigenvalue weighted by Crippen LogP contribution is 2.50. The minimum absolute atomic E-state index is 0.0542. The van der Waals surface area contributed by atoms with Gasteiger partial charge in [0, 0.05) is 64.4 Å². The molecule has 2 saturated carbocycles. The van der Waals surface area contributed by atoms with Crippen molar-refractivity contribution in [3.8, 4) is 22.4 Å². The van der Waals surface area contributed by atoms with Crippen LogP contribution in [0, 0.1) is 11.8 Å². The number of hydrogen-bond donors (Lipinski definition) is 0. The van der Waals surface area contributed by atoms with E-state index in [1.807, 2.05) is 47.5 Å². The van der Waals surface area contributed by atoms with Crippen LogP contribution in [0.3, 0.4) is 0 Å². The molecule has 0 saturated heterocycles. The summed E-state index contributed by atoms with van der Waals surface area (Å²) in [5.41, 5.74) is 4.92. The maximum Gasteiger partial charge on any atom is 0.181 e. The standard InChI is InChI=1S/C38H55N5O4SSi2/c1-48(44,45)36-35(32-22-28-13-14-29(21-28)23-32)41-37-33(31-15-16-34(39-24-31)30-11-9-8-10-12-30)25-40-43(37)38(36)42(26-46-17-19-49(2,3)4)27-47-18-20-50(5,6)7/h8-12,15-16,24-25,28-29,32H,13-14,17-23,26-27H2,1-7H3/t28-,29+,32?. The first-order valence-electron chi connectivity index (χ1n) is 18.2. The van der Waals surface area contributed by atoms with E-state index in [1.54, 1.807) is 10.7 Å². The Labute approximate surface area is 300 Å². The molecule has 2 aliphatic carbocycles. The van der Waals surface area contributed by atoms with Gasteiger partial charge in [-0.1, -0.05) is 88.5 Å². The molecular formula is C38H55N5O4SSi2. The molecule has 1 aromatic carbocycles. The molecule has 1 unspecified atom stereocenters. The van der Waals surface area contributed by atoms with Crippen molar-refractivity contribution in [2.45, 2.75) is 94.3 Å². The van der Waals surface area contributed by atoms with Gasteiger partial charge in [-0.15, -0.1) is 0 Å². The van der Waals surface area contributed by atoms with Gasteiger partial charge in [-0.2, -0.15) is 9.61 Å². The lowest BCUT2D eigenvalue weighted by Gasteiger charge is -2.32. The predicted octanol–water partition coefficient (Wildman–Crippen LogP) is 8.59. The van der Waals surface area contributed by atoms with Crippen molar-refractivity contribution in [2.75, 3.05) is 37.8 Å². The van der Waals surface area contributed by atoms with Crippen molar-refractivity contribution >= 4 is 37.5 Å². The zero-order valence-electron chi connectivity index (χ0n) is 31.0. The first-order valence-corrected chi connectivity index (χ1v) is 27.5. The Balaban J connectivity index is 1.48. The topological polar surface area (TPSA) is 98.9 Å². The summed E-state index contributed by atoms with van der Waals surface area (Å²) in [5.74, 6) is 1.75. The summed E-state index contributed by atoms with van der Waals surface area (Å²) >= 11 is 0. The fourth-order valence-electron chi connectivity index (χ4n) is 7.42. The van der Waals surface area contributed by atoms with Crippen LogP contribution in [0.2, 0.25) is 51.4 Å². The van der Waals surface area contributed by atoms with Crippen LogP contribution in [0.4, 0.5) is 5.82 Å². The van der Waals surface area contributed by atoms with Gasteiger partial charge in [0.2, 0.25) is 0 Å². The molecule has 6 rings (SSSR count). The van der Waals surface area contributed by atoms with E-state index in [-0.39, 0.29) is 24.3 Å². The Morgan fingerprint density at radius 1 is 0.820 bits per heavy atom. The van der Waals surface area contributed by atoms with Gasteiger partial charge in [0.1, 0.15) is 18.4 Å². The average molecular weight is 734 g/mol. The largest absolute Gasteiger partial charge is 0.361 e. The van der Waals surface area contributed by atoms with Gasteiger partial charge in [0.25, 0.3) is 0 Å². The fourth-order valence-corrected chi connectivity index (χ4v) is 10.1. The lowest BCUT2D eigenvalue weighted by atomic mass is 9.79. The highest BCUT2D eigenvalue weighted by molar-refractivity contribution is 7.91. The van der Waals surface area contributed by atoms with Gasteiger partial charge in [0.15, 0.2) is 21.3 Å². The van der Waals surface area contributed by atoms with Crippen molar-refractivity contribution in [2.24, 2.45) is 11.8 Å². The summed E-state index contributed by atoms with van der Waals surface area (Å²) < 4.78 is 42.4. The molecule has 2 fully saturated rings. The highest BCUT2D eigenvalue weighted by Gasteiger charge is 2.39. The van der Waals surface area contributed by atoms with E-state index in [0.717, 1.165) is 47.3 Å². The van der Waals surface area contributed by atoms with Crippen LogP contribution >= 0.6 is 0 Å². The molecular weight excluding hydrogens is 679 g/mol. The number of pyridine rings is 1. The van der Waals surface area contributed by atoms with Crippen LogP contribution in [-0.2, 0) is 19.3 Å². The van der Waals surface area contributed by atoms with E-state index in [0.29, 0.717) is 42.2 Å². The van der Waals surface area contributed by atoms with Gasteiger partial charge < -0.3 is 14.4 Å². The molecule has 0 amide bonds. The fraction of sp³-hybridized carbons (Fsp3) is 0.553. The highest BCUT2D eigenvalue weighted by atomic mass is 32.2. The number of sulfone groups is 1. The molecule has 3 aromatic heterocycles. The van der Waals surface area contributed by atoms with Crippen LogP contribution in [0.5, 0.6) is 0 Å². The van der Waals surface area contributed by atoms with E-state index in [4.69, 9.17) is 24.5 Å². The molecule has 12 heteroatoms. The second kappa shape index (κ2) is 15.0. The molecule has 9 nitrogen and oxygen atoms in total.